The topological polar surface area (TPSA) is 12.5 Å². The third-order valence-electron chi connectivity index (χ3n) is 5.28. The molecule has 0 spiro atoms. The average Bonchev–Trinajstić information content (AvgIpc) is 2.93. The van der Waals surface area contributed by atoms with Crippen molar-refractivity contribution in [3.8, 4) is 5.75 Å². The normalized spacial score (nSPS) is 13.8. The van der Waals surface area contributed by atoms with E-state index in [1.807, 2.05) is 6.07 Å². The average molecular weight is 370 g/mol. The van der Waals surface area contributed by atoms with E-state index < -0.39 is 0 Å². The molecule has 1 aliphatic heterocycles. The van der Waals surface area contributed by atoms with Gasteiger partial charge in [-0.15, -0.1) is 0 Å². The first-order valence-corrected chi connectivity index (χ1v) is 9.97. The van der Waals surface area contributed by atoms with Gasteiger partial charge in [-0.2, -0.15) is 0 Å². The third kappa shape index (κ3) is 4.02. The molecule has 0 bridgehead atoms. The zero-order valence-electron chi connectivity index (χ0n) is 16.7. The first-order valence-electron chi connectivity index (χ1n) is 9.97. The van der Waals surface area contributed by atoms with Crippen molar-refractivity contribution < 1.29 is 4.74 Å². The molecule has 0 unspecified atom stereocenters. The summed E-state index contributed by atoms with van der Waals surface area (Å²) in [7, 11) is 4.24. The molecule has 142 valence electrons. The summed E-state index contributed by atoms with van der Waals surface area (Å²) in [5, 5.41) is 0. The molecule has 3 aromatic rings. The van der Waals surface area contributed by atoms with E-state index in [1.165, 1.54) is 33.4 Å². The predicted molar refractivity (Wildman–Crippen MR) is 118 cm³/mol. The fraction of sp³-hybridized carbons (Fsp3) is 0.231. The lowest BCUT2D eigenvalue weighted by Crippen LogP contribution is -2.14. The van der Waals surface area contributed by atoms with E-state index in [0.29, 0.717) is 6.61 Å². The van der Waals surface area contributed by atoms with E-state index in [1.54, 1.807) is 0 Å². The number of ether oxygens (including phenoxy) is 1. The van der Waals surface area contributed by atoms with Gasteiger partial charge in [0.1, 0.15) is 5.75 Å². The molecular formula is C26H27NO. The van der Waals surface area contributed by atoms with Gasteiger partial charge in [0.25, 0.3) is 0 Å². The number of benzene rings is 3. The molecule has 0 amide bonds. The summed E-state index contributed by atoms with van der Waals surface area (Å²) in [6.45, 7) is 1.76. The Labute approximate surface area is 168 Å². The Morgan fingerprint density at radius 2 is 1.50 bits per heavy atom. The molecule has 1 heterocycles. The first kappa shape index (κ1) is 18.5. The van der Waals surface area contributed by atoms with Gasteiger partial charge in [-0.1, -0.05) is 72.8 Å². The zero-order chi connectivity index (χ0) is 19.3. The molecule has 0 fully saturated rings. The smallest absolute Gasteiger partial charge is 0.127 e. The van der Waals surface area contributed by atoms with Gasteiger partial charge in [0.2, 0.25) is 0 Å². The highest BCUT2D eigenvalue weighted by Crippen LogP contribution is 2.40. The number of rotatable bonds is 5. The summed E-state index contributed by atoms with van der Waals surface area (Å²) < 4.78 is 6.09. The SMILES string of the molecule is CN(C)CCc1ccc(C2=C(c3ccccc3)CCOc3ccccc32)cc1. The molecule has 0 radical (unpaired) electrons. The van der Waals surface area contributed by atoms with Crippen molar-refractivity contribution in [3.63, 3.8) is 0 Å². The van der Waals surface area contributed by atoms with Gasteiger partial charge in [0.15, 0.2) is 0 Å². The summed E-state index contributed by atoms with van der Waals surface area (Å²) in [5.74, 6) is 0.972. The molecule has 0 atom stereocenters. The second kappa shape index (κ2) is 8.45. The van der Waals surface area contributed by atoms with Crippen LogP contribution in [0.25, 0.3) is 11.1 Å². The molecule has 0 aliphatic carbocycles. The summed E-state index contributed by atoms with van der Waals surface area (Å²) in [5.41, 5.74) is 7.72. The minimum absolute atomic E-state index is 0.700. The highest BCUT2D eigenvalue weighted by atomic mass is 16.5. The number of hydrogen-bond donors (Lipinski definition) is 0. The van der Waals surface area contributed by atoms with Gasteiger partial charge < -0.3 is 9.64 Å². The van der Waals surface area contributed by atoms with Crippen LogP contribution in [-0.4, -0.2) is 32.1 Å². The maximum atomic E-state index is 6.09. The molecule has 2 heteroatoms. The van der Waals surface area contributed by atoms with Crippen molar-refractivity contribution in [2.45, 2.75) is 12.8 Å². The molecule has 28 heavy (non-hydrogen) atoms. The Morgan fingerprint density at radius 1 is 0.786 bits per heavy atom. The third-order valence-corrected chi connectivity index (χ3v) is 5.28. The fourth-order valence-corrected chi connectivity index (χ4v) is 3.80. The number of hydrogen-bond acceptors (Lipinski definition) is 2. The minimum Gasteiger partial charge on any atom is -0.493 e. The highest BCUT2D eigenvalue weighted by Gasteiger charge is 2.20. The molecule has 0 saturated heterocycles. The Morgan fingerprint density at radius 3 is 2.25 bits per heavy atom. The van der Waals surface area contributed by atoms with Crippen LogP contribution in [0.15, 0.2) is 78.9 Å². The molecule has 1 aliphatic rings. The Hall–Kier alpha value is -2.84. The van der Waals surface area contributed by atoms with Crippen LogP contribution in [0.3, 0.4) is 0 Å². The largest absolute Gasteiger partial charge is 0.493 e. The fourth-order valence-electron chi connectivity index (χ4n) is 3.80. The van der Waals surface area contributed by atoms with Crippen LogP contribution in [-0.2, 0) is 6.42 Å². The standard InChI is InChI=1S/C26H27NO/c1-27(2)18-16-20-12-14-22(15-13-20)26-23(21-8-4-3-5-9-21)17-19-28-25-11-7-6-10-24(25)26/h3-15H,16-19H2,1-2H3. The zero-order valence-corrected chi connectivity index (χ0v) is 16.7. The highest BCUT2D eigenvalue weighted by molar-refractivity contribution is 6.00. The van der Waals surface area contributed by atoms with E-state index in [-0.39, 0.29) is 0 Å². The molecule has 3 aromatic carbocycles. The Balaban J connectivity index is 1.82. The van der Waals surface area contributed by atoms with Crippen molar-refractivity contribution in [1.29, 1.82) is 0 Å². The second-order valence-corrected chi connectivity index (χ2v) is 7.56. The summed E-state index contributed by atoms with van der Waals surface area (Å²) in [6.07, 6.45) is 1.97. The van der Waals surface area contributed by atoms with Crippen molar-refractivity contribution in [3.05, 3.63) is 101 Å². The number of fused-ring (bicyclic) bond motifs is 1. The van der Waals surface area contributed by atoms with Gasteiger partial charge in [0, 0.05) is 18.5 Å². The lowest BCUT2D eigenvalue weighted by molar-refractivity contribution is 0.328. The van der Waals surface area contributed by atoms with Gasteiger partial charge in [-0.25, -0.2) is 0 Å². The molecule has 0 aromatic heterocycles. The van der Waals surface area contributed by atoms with Crippen LogP contribution < -0.4 is 4.74 Å². The number of nitrogens with zero attached hydrogens (tertiary/aromatic N) is 1. The van der Waals surface area contributed by atoms with Crippen molar-refractivity contribution in [2.24, 2.45) is 0 Å². The summed E-state index contributed by atoms with van der Waals surface area (Å²) in [6, 6.07) is 28.2. The monoisotopic (exact) mass is 369 g/mol. The molecule has 2 nitrogen and oxygen atoms in total. The lowest BCUT2D eigenvalue weighted by Gasteiger charge is -2.16. The van der Waals surface area contributed by atoms with Crippen molar-refractivity contribution >= 4 is 11.1 Å². The summed E-state index contributed by atoms with van der Waals surface area (Å²) in [4.78, 5) is 2.23. The van der Waals surface area contributed by atoms with E-state index >= 15 is 0 Å². The second-order valence-electron chi connectivity index (χ2n) is 7.56. The van der Waals surface area contributed by atoms with Crippen LogP contribution in [0.1, 0.15) is 28.7 Å². The molecule has 4 rings (SSSR count). The maximum absolute atomic E-state index is 6.09. The van der Waals surface area contributed by atoms with Crippen LogP contribution in [0.5, 0.6) is 5.75 Å². The number of para-hydroxylation sites is 1. The van der Waals surface area contributed by atoms with E-state index in [2.05, 4.69) is 91.8 Å². The summed E-state index contributed by atoms with van der Waals surface area (Å²) >= 11 is 0. The quantitative estimate of drug-likeness (QED) is 0.586. The molecule has 0 N–H and O–H groups in total. The number of likely N-dealkylation sites (N-methyl/N-ethyl adjacent to an activating group) is 1. The van der Waals surface area contributed by atoms with E-state index in [9.17, 15) is 0 Å². The maximum Gasteiger partial charge on any atom is 0.127 e. The van der Waals surface area contributed by atoms with Crippen LogP contribution in [0.4, 0.5) is 0 Å². The van der Waals surface area contributed by atoms with Crippen LogP contribution in [0, 0.1) is 0 Å². The first-order chi connectivity index (χ1) is 13.7. The van der Waals surface area contributed by atoms with E-state index in [4.69, 9.17) is 4.74 Å². The van der Waals surface area contributed by atoms with Crippen LogP contribution in [0.2, 0.25) is 0 Å². The van der Waals surface area contributed by atoms with Gasteiger partial charge in [-0.05, 0) is 54.4 Å². The molecular weight excluding hydrogens is 342 g/mol. The van der Waals surface area contributed by atoms with E-state index in [0.717, 1.165) is 25.1 Å². The predicted octanol–water partition coefficient (Wildman–Crippen LogP) is 5.53. The Kier molecular flexibility index (Phi) is 5.59. The van der Waals surface area contributed by atoms with Crippen molar-refractivity contribution in [2.75, 3.05) is 27.2 Å². The van der Waals surface area contributed by atoms with Crippen molar-refractivity contribution in [1.82, 2.24) is 4.90 Å². The van der Waals surface area contributed by atoms with Gasteiger partial charge >= 0.3 is 0 Å². The van der Waals surface area contributed by atoms with Gasteiger partial charge in [-0.3, -0.25) is 0 Å². The minimum atomic E-state index is 0.700. The van der Waals surface area contributed by atoms with Crippen LogP contribution >= 0.6 is 0 Å². The molecule has 0 saturated carbocycles. The Bertz CT molecular complexity index is 955. The van der Waals surface area contributed by atoms with Gasteiger partial charge in [0.05, 0.1) is 6.61 Å². The lowest BCUT2D eigenvalue weighted by atomic mass is 9.88.